The molecule has 4 aromatic rings. The number of imidazole rings is 1. The van der Waals surface area contributed by atoms with Crippen LogP contribution < -0.4 is 20.5 Å². The van der Waals surface area contributed by atoms with Gasteiger partial charge in [0.1, 0.15) is 17.5 Å². The first kappa shape index (κ1) is 17.8. The molecule has 0 aliphatic heterocycles. The van der Waals surface area contributed by atoms with Gasteiger partial charge in [0.05, 0.1) is 30.8 Å². The van der Waals surface area contributed by atoms with Gasteiger partial charge in [-0.25, -0.2) is 14.4 Å². The molecule has 0 amide bonds. The number of hydrogen-bond acceptors (Lipinski definition) is 7. The number of aromatic amines is 1. The first-order chi connectivity index (χ1) is 13.6. The van der Waals surface area contributed by atoms with Gasteiger partial charge in [-0.2, -0.15) is 4.98 Å². The van der Waals surface area contributed by atoms with Gasteiger partial charge in [0.15, 0.2) is 11.5 Å². The van der Waals surface area contributed by atoms with Crippen molar-refractivity contribution >= 4 is 33.7 Å². The molecule has 0 spiro atoms. The normalized spacial score (nSPS) is 11.1. The second kappa shape index (κ2) is 7.18. The van der Waals surface area contributed by atoms with Gasteiger partial charge in [0, 0.05) is 24.4 Å². The summed E-state index contributed by atoms with van der Waals surface area (Å²) in [5, 5.41) is 3.82. The first-order valence-electron chi connectivity index (χ1n) is 8.64. The molecular formula is C19H19FN6O2. The van der Waals surface area contributed by atoms with Gasteiger partial charge in [-0.05, 0) is 24.3 Å². The van der Waals surface area contributed by atoms with E-state index in [1.54, 1.807) is 32.4 Å². The number of nitrogens with two attached hydrogens (primary N) is 1. The molecule has 0 saturated carbocycles. The largest absolute Gasteiger partial charge is 0.493 e. The summed E-state index contributed by atoms with van der Waals surface area (Å²) in [5.74, 6) is 2.31. The van der Waals surface area contributed by atoms with E-state index >= 15 is 0 Å². The minimum Gasteiger partial charge on any atom is -0.493 e. The Bertz CT molecular complexity index is 1160. The number of halogens is 1. The zero-order valence-corrected chi connectivity index (χ0v) is 15.4. The summed E-state index contributed by atoms with van der Waals surface area (Å²) in [6, 6.07) is 7.97. The quantitative estimate of drug-likeness (QED) is 0.470. The number of ether oxygens (including phenoxy) is 2. The van der Waals surface area contributed by atoms with Crippen molar-refractivity contribution in [2.75, 3.05) is 31.8 Å². The third-order valence-corrected chi connectivity index (χ3v) is 4.37. The van der Waals surface area contributed by atoms with Crippen LogP contribution in [-0.4, -0.2) is 40.7 Å². The van der Waals surface area contributed by atoms with Crippen molar-refractivity contribution in [3.8, 4) is 11.5 Å². The van der Waals surface area contributed by atoms with E-state index in [0.717, 1.165) is 11.3 Å². The standard InChI is InChI=1S/C19H19FN6O2/c1-27-15-8-11-13(9-16(15)28-2)25-19(26-18(11)21)22-6-5-17-23-12-4-3-10(20)7-14(12)24-17/h3-4,7-9H,5-6H2,1-2H3,(H,23,24)(H3,21,22,25,26). The maximum Gasteiger partial charge on any atom is 0.225 e. The molecule has 0 bridgehead atoms. The fraction of sp³-hybridized carbons (Fsp3) is 0.211. The Morgan fingerprint density at radius 2 is 1.82 bits per heavy atom. The average molecular weight is 382 g/mol. The SMILES string of the molecule is COc1cc2nc(NCCc3nc4ccc(F)cc4[nH]3)nc(N)c2cc1OC. The highest BCUT2D eigenvalue weighted by atomic mass is 19.1. The predicted molar refractivity (Wildman–Crippen MR) is 105 cm³/mol. The van der Waals surface area contributed by atoms with E-state index in [2.05, 4.69) is 25.3 Å². The van der Waals surface area contributed by atoms with Gasteiger partial charge in [-0.3, -0.25) is 0 Å². The van der Waals surface area contributed by atoms with Gasteiger partial charge in [0.25, 0.3) is 0 Å². The summed E-state index contributed by atoms with van der Waals surface area (Å²) in [6.45, 7) is 0.528. The molecule has 0 radical (unpaired) electrons. The number of H-pyrrole nitrogens is 1. The molecule has 28 heavy (non-hydrogen) atoms. The lowest BCUT2D eigenvalue weighted by atomic mass is 10.2. The Kier molecular flexibility index (Phi) is 4.56. The second-order valence-corrected chi connectivity index (χ2v) is 6.18. The number of fused-ring (bicyclic) bond motifs is 2. The van der Waals surface area contributed by atoms with Gasteiger partial charge in [-0.1, -0.05) is 0 Å². The van der Waals surface area contributed by atoms with Crippen LogP contribution in [0.15, 0.2) is 30.3 Å². The molecule has 0 aliphatic rings. The Labute approximate surface area is 159 Å². The predicted octanol–water partition coefficient (Wildman–Crippen LogP) is 2.90. The number of methoxy groups -OCH3 is 2. The molecule has 0 saturated heterocycles. The topological polar surface area (TPSA) is 111 Å². The molecule has 2 heterocycles. The third-order valence-electron chi connectivity index (χ3n) is 4.37. The monoisotopic (exact) mass is 382 g/mol. The van der Waals surface area contributed by atoms with Crippen LogP contribution in [-0.2, 0) is 6.42 Å². The molecule has 0 atom stereocenters. The van der Waals surface area contributed by atoms with Crippen LogP contribution in [0.4, 0.5) is 16.2 Å². The summed E-state index contributed by atoms with van der Waals surface area (Å²) < 4.78 is 23.9. The molecular weight excluding hydrogens is 363 g/mol. The van der Waals surface area contributed by atoms with Crippen LogP contribution in [0.3, 0.4) is 0 Å². The Hall–Kier alpha value is -3.62. The number of anilines is 2. The summed E-state index contributed by atoms with van der Waals surface area (Å²) >= 11 is 0. The fourth-order valence-corrected chi connectivity index (χ4v) is 3.00. The van der Waals surface area contributed by atoms with Crippen molar-refractivity contribution in [2.45, 2.75) is 6.42 Å². The molecule has 144 valence electrons. The highest BCUT2D eigenvalue weighted by Crippen LogP contribution is 2.33. The van der Waals surface area contributed by atoms with Gasteiger partial charge in [-0.15, -0.1) is 0 Å². The van der Waals surface area contributed by atoms with Gasteiger partial charge >= 0.3 is 0 Å². The van der Waals surface area contributed by atoms with Crippen LogP contribution in [0.5, 0.6) is 11.5 Å². The summed E-state index contributed by atoms with van der Waals surface area (Å²) in [4.78, 5) is 16.3. The second-order valence-electron chi connectivity index (χ2n) is 6.18. The van der Waals surface area contributed by atoms with Crippen LogP contribution in [0.25, 0.3) is 21.9 Å². The Balaban J connectivity index is 1.52. The maximum absolute atomic E-state index is 13.3. The van der Waals surface area contributed by atoms with Crippen LogP contribution in [0, 0.1) is 5.82 Å². The lowest BCUT2D eigenvalue weighted by Gasteiger charge is -2.11. The third kappa shape index (κ3) is 3.34. The van der Waals surface area contributed by atoms with E-state index in [4.69, 9.17) is 15.2 Å². The Morgan fingerprint density at radius 3 is 2.61 bits per heavy atom. The van der Waals surface area contributed by atoms with E-state index < -0.39 is 0 Å². The Morgan fingerprint density at radius 1 is 1.04 bits per heavy atom. The molecule has 9 heteroatoms. The lowest BCUT2D eigenvalue weighted by Crippen LogP contribution is -2.10. The summed E-state index contributed by atoms with van der Waals surface area (Å²) in [5.41, 5.74) is 8.12. The highest BCUT2D eigenvalue weighted by Gasteiger charge is 2.12. The zero-order valence-electron chi connectivity index (χ0n) is 15.4. The molecule has 4 N–H and O–H groups in total. The number of nitrogens with one attached hydrogen (secondary N) is 2. The molecule has 2 aromatic heterocycles. The van der Waals surface area contributed by atoms with Crippen molar-refractivity contribution in [1.29, 1.82) is 0 Å². The van der Waals surface area contributed by atoms with Crippen LogP contribution in [0.1, 0.15) is 5.82 Å². The molecule has 0 aliphatic carbocycles. The minimum atomic E-state index is -0.298. The number of rotatable bonds is 6. The number of benzene rings is 2. The van der Waals surface area contributed by atoms with E-state index in [1.807, 2.05) is 0 Å². The molecule has 4 rings (SSSR count). The van der Waals surface area contributed by atoms with Crippen LogP contribution in [0.2, 0.25) is 0 Å². The molecule has 2 aromatic carbocycles. The zero-order chi connectivity index (χ0) is 19.7. The van der Waals surface area contributed by atoms with E-state index in [-0.39, 0.29) is 5.82 Å². The van der Waals surface area contributed by atoms with E-state index in [9.17, 15) is 4.39 Å². The fourth-order valence-electron chi connectivity index (χ4n) is 3.00. The van der Waals surface area contributed by atoms with E-state index in [0.29, 0.717) is 52.7 Å². The first-order valence-corrected chi connectivity index (χ1v) is 8.64. The lowest BCUT2D eigenvalue weighted by molar-refractivity contribution is 0.356. The number of aromatic nitrogens is 4. The van der Waals surface area contributed by atoms with Crippen molar-refractivity contribution in [3.63, 3.8) is 0 Å². The van der Waals surface area contributed by atoms with Crippen molar-refractivity contribution in [3.05, 3.63) is 42.0 Å². The maximum atomic E-state index is 13.3. The van der Waals surface area contributed by atoms with Crippen LogP contribution >= 0.6 is 0 Å². The minimum absolute atomic E-state index is 0.298. The highest BCUT2D eigenvalue weighted by molar-refractivity contribution is 5.91. The van der Waals surface area contributed by atoms with Gasteiger partial charge < -0.3 is 25.5 Å². The molecule has 0 fully saturated rings. The van der Waals surface area contributed by atoms with Crippen molar-refractivity contribution in [1.82, 2.24) is 19.9 Å². The summed E-state index contributed by atoms with van der Waals surface area (Å²) in [6.07, 6.45) is 0.587. The molecule has 8 nitrogen and oxygen atoms in total. The van der Waals surface area contributed by atoms with Crippen molar-refractivity contribution < 1.29 is 13.9 Å². The van der Waals surface area contributed by atoms with Crippen molar-refractivity contribution in [2.24, 2.45) is 0 Å². The smallest absolute Gasteiger partial charge is 0.225 e. The van der Waals surface area contributed by atoms with E-state index in [1.165, 1.54) is 12.1 Å². The number of nitrogen functional groups attached to an aromatic ring is 1. The number of nitrogens with zero attached hydrogens (tertiary/aromatic N) is 3. The average Bonchev–Trinajstić information content (AvgIpc) is 3.08. The number of hydrogen-bond donors (Lipinski definition) is 3. The summed E-state index contributed by atoms with van der Waals surface area (Å²) in [7, 11) is 3.12. The molecule has 0 unspecified atom stereocenters. The van der Waals surface area contributed by atoms with Gasteiger partial charge in [0.2, 0.25) is 5.95 Å².